The second-order valence-corrected chi connectivity index (χ2v) is 8.14. The molecule has 9 heteroatoms. The molecule has 0 unspecified atom stereocenters. The van der Waals surface area contributed by atoms with Crippen LogP contribution in [0.5, 0.6) is 0 Å². The summed E-state index contributed by atoms with van der Waals surface area (Å²) >= 11 is 0. The minimum Gasteiger partial charge on any atom is -0.383 e. The van der Waals surface area contributed by atoms with Gasteiger partial charge in [-0.05, 0) is 49.2 Å². The lowest BCUT2D eigenvalue weighted by atomic mass is 9.82. The molecule has 5 heterocycles. The summed E-state index contributed by atoms with van der Waals surface area (Å²) in [6.07, 6.45) is 2.42. The van der Waals surface area contributed by atoms with Crippen molar-refractivity contribution in [3.05, 3.63) is 59.7 Å². The molecule has 1 fully saturated rings. The lowest BCUT2D eigenvalue weighted by Gasteiger charge is -2.23. The van der Waals surface area contributed by atoms with Crippen molar-refractivity contribution in [2.24, 2.45) is 0 Å². The Morgan fingerprint density at radius 3 is 2.63 bits per heavy atom. The van der Waals surface area contributed by atoms with Crippen molar-refractivity contribution >= 4 is 5.82 Å². The maximum Gasteiger partial charge on any atom is 0.419 e. The van der Waals surface area contributed by atoms with Crippen LogP contribution < -0.4 is 5.73 Å². The molecule has 0 saturated carbocycles. The van der Waals surface area contributed by atoms with Crippen molar-refractivity contribution in [2.45, 2.75) is 37.5 Å². The molecular formula is C21H21F3N6. The summed E-state index contributed by atoms with van der Waals surface area (Å²) in [6.45, 7) is 3.52. The number of halogens is 3. The summed E-state index contributed by atoms with van der Waals surface area (Å²) in [4.78, 5) is 10.2. The van der Waals surface area contributed by atoms with Gasteiger partial charge in [-0.15, -0.1) is 0 Å². The van der Waals surface area contributed by atoms with E-state index in [4.69, 9.17) is 5.73 Å². The van der Waals surface area contributed by atoms with Gasteiger partial charge < -0.3 is 5.73 Å². The van der Waals surface area contributed by atoms with Crippen LogP contribution in [-0.2, 0) is 24.7 Å². The molecule has 0 aliphatic carbocycles. The summed E-state index contributed by atoms with van der Waals surface area (Å²) in [5.74, 6) is -0.517. The van der Waals surface area contributed by atoms with Gasteiger partial charge in [-0.2, -0.15) is 18.3 Å². The number of anilines is 1. The first-order chi connectivity index (χ1) is 14.3. The Morgan fingerprint density at radius 2 is 1.87 bits per heavy atom. The number of rotatable bonds is 3. The Balaban J connectivity index is 1.41. The Bertz CT molecular complexity index is 1080. The topological polar surface area (TPSA) is 72.9 Å². The first kappa shape index (κ1) is 19.0. The van der Waals surface area contributed by atoms with Crippen LogP contribution >= 0.6 is 0 Å². The highest BCUT2D eigenvalue weighted by molar-refractivity contribution is 5.63. The Hall–Kier alpha value is -2.94. The summed E-state index contributed by atoms with van der Waals surface area (Å²) in [7, 11) is 0. The van der Waals surface area contributed by atoms with E-state index in [1.807, 2.05) is 22.9 Å². The number of aromatic nitrogens is 4. The fourth-order valence-electron chi connectivity index (χ4n) is 4.70. The maximum absolute atomic E-state index is 13.2. The highest BCUT2D eigenvalue weighted by Crippen LogP contribution is 2.44. The van der Waals surface area contributed by atoms with Gasteiger partial charge in [0.25, 0.3) is 0 Å². The van der Waals surface area contributed by atoms with Crippen LogP contribution in [0.2, 0.25) is 0 Å². The molecule has 1 atom stereocenters. The van der Waals surface area contributed by atoms with Gasteiger partial charge >= 0.3 is 6.18 Å². The number of nitrogens with zero attached hydrogens (tertiary/aromatic N) is 5. The number of pyridine rings is 2. The van der Waals surface area contributed by atoms with Crippen LogP contribution in [0.15, 0.2) is 42.9 Å². The molecule has 2 aliphatic heterocycles. The Kier molecular flexibility index (Phi) is 4.32. The molecule has 156 valence electrons. The summed E-state index contributed by atoms with van der Waals surface area (Å²) in [5, 5.41) is 4.58. The lowest BCUT2D eigenvalue weighted by Crippen LogP contribution is -2.28. The van der Waals surface area contributed by atoms with Gasteiger partial charge in [0.1, 0.15) is 5.82 Å². The average Bonchev–Trinajstić information content (AvgIpc) is 3.39. The number of aryl methyl sites for hydroxylation is 1. The molecule has 5 rings (SSSR count). The molecule has 3 aromatic rings. The first-order valence-electron chi connectivity index (χ1n) is 9.87. The van der Waals surface area contributed by atoms with Crippen molar-refractivity contribution in [3.8, 4) is 11.3 Å². The van der Waals surface area contributed by atoms with Crippen molar-refractivity contribution in [1.82, 2.24) is 24.6 Å². The van der Waals surface area contributed by atoms with Crippen LogP contribution in [0.3, 0.4) is 0 Å². The van der Waals surface area contributed by atoms with E-state index in [0.717, 1.165) is 50.8 Å². The normalized spacial score (nSPS) is 21.4. The number of likely N-dealkylation sites (tertiary alicyclic amines) is 1. The molecule has 6 nitrogen and oxygen atoms in total. The number of alkyl halides is 3. The molecule has 1 spiro atoms. The molecule has 3 aromatic heterocycles. The molecule has 0 radical (unpaired) electrons. The third kappa shape index (κ3) is 3.23. The van der Waals surface area contributed by atoms with Gasteiger partial charge in [0, 0.05) is 54.9 Å². The van der Waals surface area contributed by atoms with Crippen molar-refractivity contribution < 1.29 is 13.2 Å². The highest BCUT2D eigenvalue weighted by Gasteiger charge is 2.45. The predicted molar refractivity (Wildman–Crippen MR) is 105 cm³/mol. The van der Waals surface area contributed by atoms with Crippen LogP contribution in [0.1, 0.15) is 29.7 Å². The fraction of sp³-hybridized carbons (Fsp3) is 0.381. The van der Waals surface area contributed by atoms with Crippen molar-refractivity contribution in [1.29, 1.82) is 0 Å². The van der Waals surface area contributed by atoms with E-state index in [1.54, 1.807) is 12.4 Å². The molecule has 1 saturated heterocycles. The summed E-state index contributed by atoms with van der Waals surface area (Å²) in [6, 6.07) is 7.01. The van der Waals surface area contributed by atoms with E-state index in [1.165, 1.54) is 11.8 Å². The molecule has 2 N–H and O–H groups in total. The van der Waals surface area contributed by atoms with Gasteiger partial charge in [-0.3, -0.25) is 14.6 Å². The minimum absolute atomic E-state index is 0.00757. The third-order valence-corrected chi connectivity index (χ3v) is 6.23. The number of hydrogen-bond donors (Lipinski definition) is 1. The van der Waals surface area contributed by atoms with E-state index >= 15 is 0 Å². The maximum atomic E-state index is 13.2. The van der Waals surface area contributed by atoms with Crippen LogP contribution in [0.4, 0.5) is 19.0 Å². The summed E-state index contributed by atoms with van der Waals surface area (Å²) in [5.41, 5.74) is 7.67. The molecule has 0 amide bonds. The van der Waals surface area contributed by atoms with Gasteiger partial charge in [0.05, 0.1) is 11.3 Å². The second kappa shape index (κ2) is 6.80. The van der Waals surface area contributed by atoms with Crippen LogP contribution in [0, 0.1) is 0 Å². The van der Waals surface area contributed by atoms with E-state index in [-0.39, 0.29) is 5.41 Å². The first-order valence-corrected chi connectivity index (χ1v) is 9.87. The number of hydrogen-bond acceptors (Lipinski definition) is 5. The molecule has 0 aromatic carbocycles. The largest absolute Gasteiger partial charge is 0.419 e. The predicted octanol–water partition coefficient (Wildman–Crippen LogP) is 3.49. The van der Waals surface area contributed by atoms with Crippen molar-refractivity contribution in [2.75, 3.05) is 18.8 Å². The third-order valence-electron chi connectivity index (χ3n) is 6.23. The highest BCUT2D eigenvalue weighted by atomic mass is 19.4. The van der Waals surface area contributed by atoms with Crippen LogP contribution in [-0.4, -0.2) is 37.7 Å². The van der Waals surface area contributed by atoms with E-state index in [9.17, 15) is 13.2 Å². The number of nitrogen functional groups attached to an aromatic ring is 1. The SMILES string of the molecule is Nc1ncc(-c2cc3n(n2)CC[C@]32CCN(Cc3ccncc3)C2)cc1C(F)(F)F. The summed E-state index contributed by atoms with van der Waals surface area (Å²) < 4.78 is 41.6. The lowest BCUT2D eigenvalue weighted by molar-refractivity contribution is -0.137. The van der Waals surface area contributed by atoms with E-state index < -0.39 is 17.6 Å². The molecular weight excluding hydrogens is 393 g/mol. The fourth-order valence-corrected chi connectivity index (χ4v) is 4.70. The number of fused-ring (bicyclic) bond motifs is 2. The molecule has 30 heavy (non-hydrogen) atoms. The van der Waals surface area contributed by atoms with Crippen LogP contribution in [0.25, 0.3) is 11.3 Å². The van der Waals surface area contributed by atoms with Gasteiger partial charge in [-0.25, -0.2) is 4.98 Å². The number of nitrogens with two attached hydrogens (primary N) is 1. The quantitative estimate of drug-likeness (QED) is 0.710. The van der Waals surface area contributed by atoms with Gasteiger partial charge in [0.2, 0.25) is 0 Å². The minimum atomic E-state index is -4.55. The zero-order chi connectivity index (χ0) is 20.9. The standard InChI is InChI=1S/C21H21F3N6/c22-21(23,24)16-9-15(11-27-19(16)25)17-10-18-20(4-8-30(18)28-17)3-7-29(13-20)12-14-1-5-26-6-2-14/h1-2,5-6,9-11H,3-4,7-8,12-13H2,(H2,25,27)/t20-/m0/s1. The monoisotopic (exact) mass is 414 g/mol. The Morgan fingerprint density at radius 1 is 1.10 bits per heavy atom. The average molecular weight is 414 g/mol. The van der Waals surface area contributed by atoms with Gasteiger partial charge in [0.15, 0.2) is 0 Å². The zero-order valence-corrected chi connectivity index (χ0v) is 16.2. The Labute approximate surface area is 171 Å². The van der Waals surface area contributed by atoms with E-state index in [2.05, 4.69) is 20.0 Å². The van der Waals surface area contributed by atoms with E-state index in [0.29, 0.717) is 11.3 Å². The zero-order valence-electron chi connectivity index (χ0n) is 16.2. The van der Waals surface area contributed by atoms with Crippen molar-refractivity contribution in [3.63, 3.8) is 0 Å². The molecule has 0 bridgehead atoms. The van der Waals surface area contributed by atoms with Gasteiger partial charge in [-0.1, -0.05) is 0 Å². The molecule has 2 aliphatic rings. The smallest absolute Gasteiger partial charge is 0.383 e. The second-order valence-electron chi connectivity index (χ2n) is 8.14.